The van der Waals surface area contributed by atoms with Crippen molar-refractivity contribution in [3.8, 4) is 0 Å². The lowest BCUT2D eigenvalue weighted by atomic mass is 10.0. The van der Waals surface area contributed by atoms with Crippen LogP contribution in [-0.4, -0.2) is 21.0 Å². The molecular formula is C16H11ClN2O2. The first-order valence-electron chi connectivity index (χ1n) is 6.28. The number of hydrogen-bond acceptors (Lipinski definition) is 2. The highest BCUT2D eigenvalue weighted by Gasteiger charge is 2.12. The third-order valence-electron chi connectivity index (χ3n) is 3.15. The Hall–Kier alpha value is -2.59. The lowest BCUT2D eigenvalue weighted by Gasteiger charge is -2.03. The summed E-state index contributed by atoms with van der Waals surface area (Å²) in [5.41, 5.74) is 2.24. The van der Waals surface area contributed by atoms with Gasteiger partial charge in [-0.2, -0.15) is 0 Å². The maximum absolute atomic E-state index is 11.5. The number of rotatable bonds is 3. The van der Waals surface area contributed by atoms with Crippen LogP contribution in [0.25, 0.3) is 22.7 Å². The van der Waals surface area contributed by atoms with Crippen LogP contribution in [0.1, 0.15) is 11.1 Å². The molecule has 5 heteroatoms. The summed E-state index contributed by atoms with van der Waals surface area (Å²) in [6.45, 7) is 0. The van der Waals surface area contributed by atoms with Crippen LogP contribution < -0.4 is 0 Å². The molecule has 0 fully saturated rings. The van der Waals surface area contributed by atoms with Crippen LogP contribution in [0.4, 0.5) is 0 Å². The Morgan fingerprint density at radius 2 is 2.14 bits per heavy atom. The minimum atomic E-state index is -1.00. The van der Waals surface area contributed by atoms with Crippen molar-refractivity contribution in [2.24, 2.45) is 0 Å². The van der Waals surface area contributed by atoms with Gasteiger partial charge in [0.25, 0.3) is 0 Å². The molecule has 3 aromatic rings. The van der Waals surface area contributed by atoms with E-state index < -0.39 is 5.97 Å². The molecule has 104 valence electrons. The Kier molecular flexibility index (Phi) is 3.46. The Balaban J connectivity index is 2.15. The van der Waals surface area contributed by atoms with E-state index in [1.54, 1.807) is 42.7 Å². The van der Waals surface area contributed by atoms with Crippen molar-refractivity contribution in [3.63, 3.8) is 0 Å². The van der Waals surface area contributed by atoms with E-state index in [2.05, 4.69) is 9.97 Å². The van der Waals surface area contributed by atoms with Gasteiger partial charge in [0, 0.05) is 28.4 Å². The zero-order valence-electron chi connectivity index (χ0n) is 10.9. The van der Waals surface area contributed by atoms with Crippen LogP contribution in [-0.2, 0) is 4.79 Å². The molecule has 2 aromatic heterocycles. The molecule has 21 heavy (non-hydrogen) atoms. The minimum absolute atomic E-state index is 0.183. The van der Waals surface area contributed by atoms with Gasteiger partial charge in [-0.3, -0.25) is 0 Å². The third-order valence-corrected chi connectivity index (χ3v) is 3.38. The summed E-state index contributed by atoms with van der Waals surface area (Å²) >= 11 is 5.93. The van der Waals surface area contributed by atoms with Crippen molar-refractivity contribution in [2.75, 3.05) is 0 Å². The maximum atomic E-state index is 11.5. The fourth-order valence-electron chi connectivity index (χ4n) is 2.18. The predicted molar refractivity (Wildman–Crippen MR) is 83.1 cm³/mol. The molecule has 0 unspecified atom stereocenters. The van der Waals surface area contributed by atoms with Gasteiger partial charge in [0.2, 0.25) is 0 Å². The highest BCUT2D eigenvalue weighted by molar-refractivity contribution is 6.31. The van der Waals surface area contributed by atoms with E-state index in [4.69, 9.17) is 11.6 Å². The second kappa shape index (κ2) is 5.42. The topological polar surface area (TPSA) is 66.0 Å². The highest BCUT2D eigenvalue weighted by atomic mass is 35.5. The quantitative estimate of drug-likeness (QED) is 0.722. The summed E-state index contributed by atoms with van der Waals surface area (Å²) in [5.74, 6) is -1.00. The summed E-state index contributed by atoms with van der Waals surface area (Å²) in [7, 11) is 0. The van der Waals surface area contributed by atoms with Gasteiger partial charge in [-0.1, -0.05) is 23.7 Å². The Morgan fingerprint density at radius 3 is 2.90 bits per heavy atom. The molecule has 0 aliphatic rings. The number of nitrogens with one attached hydrogen (secondary N) is 1. The van der Waals surface area contributed by atoms with E-state index >= 15 is 0 Å². The molecule has 2 heterocycles. The third kappa shape index (κ3) is 2.66. The lowest BCUT2D eigenvalue weighted by molar-refractivity contribution is -0.130. The molecule has 0 spiro atoms. The van der Waals surface area contributed by atoms with Crippen LogP contribution in [0.15, 0.2) is 48.8 Å². The summed E-state index contributed by atoms with van der Waals surface area (Å²) in [6.07, 6.45) is 5.04. The summed E-state index contributed by atoms with van der Waals surface area (Å²) < 4.78 is 0. The molecular weight excluding hydrogens is 288 g/mol. The van der Waals surface area contributed by atoms with Crippen LogP contribution >= 0.6 is 11.6 Å². The van der Waals surface area contributed by atoms with Crippen molar-refractivity contribution in [3.05, 3.63) is 64.9 Å². The van der Waals surface area contributed by atoms with Gasteiger partial charge in [0.1, 0.15) is 5.65 Å². The fraction of sp³-hybridized carbons (Fsp3) is 0. The van der Waals surface area contributed by atoms with Crippen molar-refractivity contribution in [1.82, 2.24) is 9.97 Å². The van der Waals surface area contributed by atoms with E-state index in [1.165, 1.54) is 0 Å². The highest BCUT2D eigenvalue weighted by Crippen LogP contribution is 2.25. The molecule has 0 amide bonds. The van der Waals surface area contributed by atoms with Crippen molar-refractivity contribution >= 4 is 40.3 Å². The summed E-state index contributed by atoms with van der Waals surface area (Å²) in [5, 5.41) is 10.8. The first-order chi connectivity index (χ1) is 10.1. The van der Waals surface area contributed by atoms with Gasteiger partial charge in [0.15, 0.2) is 0 Å². The number of pyridine rings is 1. The smallest absolute Gasteiger partial charge is 0.336 e. The molecule has 1 aromatic carbocycles. The zero-order chi connectivity index (χ0) is 14.8. The fourth-order valence-corrected chi connectivity index (χ4v) is 2.37. The monoisotopic (exact) mass is 298 g/mol. The normalized spacial score (nSPS) is 11.8. The number of nitrogens with zero attached hydrogens (tertiary/aromatic N) is 1. The second-order valence-electron chi connectivity index (χ2n) is 4.52. The standard InChI is InChI=1S/C16H11ClN2O2/c17-12-4-1-3-10(7-12)14(16(20)21)8-11-9-19-15-13(11)5-2-6-18-15/h1-9H,(H,18,19)(H,20,21). The number of aromatic amines is 1. The number of hydrogen-bond donors (Lipinski definition) is 2. The van der Waals surface area contributed by atoms with Gasteiger partial charge in [-0.15, -0.1) is 0 Å². The number of aromatic nitrogens is 2. The van der Waals surface area contributed by atoms with Gasteiger partial charge in [-0.05, 0) is 35.9 Å². The van der Waals surface area contributed by atoms with Crippen LogP contribution in [0.2, 0.25) is 5.02 Å². The van der Waals surface area contributed by atoms with Gasteiger partial charge in [-0.25, -0.2) is 9.78 Å². The zero-order valence-corrected chi connectivity index (χ0v) is 11.6. The lowest BCUT2D eigenvalue weighted by Crippen LogP contribution is -1.99. The second-order valence-corrected chi connectivity index (χ2v) is 4.95. The van der Waals surface area contributed by atoms with Crippen LogP contribution in [0, 0.1) is 0 Å². The molecule has 0 saturated carbocycles. The van der Waals surface area contributed by atoms with Crippen LogP contribution in [0.5, 0.6) is 0 Å². The first-order valence-corrected chi connectivity index (χ1v) is 6.66. The number of benzene rings is 1. The molecule has 3 rings (SSSR count). The van der Waals surface area contributed by atoms with E-state index in [9.17, 15) is 9.90 Å². The molecule has 4 nitrogen and oxygen atoms in total. The summed E-state index contributed by atoms with van der Waals surface area (Å²) in [6, 6.07) is 10.5. The number of carboxylic acid groups (broad SMARTS) is 1. The largest absolute Gasteiger partial charge is 0.478 e. The maximum Gasteiger partial charge on any atom is 0.336 e. The van der Waals surface area contributed by atoms with E-state index in [-0.39, 0.29) is 5.57 Å². The number of fused-ring (bicyclic) bond motifs is 1. The number of H-pyrrole nitrogens is 1. The number of halogens is 1. The van der Waals surface area contributed by atoms with Crippen molar-refractivity contribution in [1.29, 1.82) is 0 Å². The number of aliphatic carboxylic acids is 1. The Labute approximate surface area is 125 Å². The first kappa shape index (κ1) is 13.4. The molecule has 0 atom stereocenters. The predicted octanol–water partition coefficient (Wildman–Crippen LogP) is 3.84. The number of carboxylic acids is 1. The van der Waals surface area contributed by atoms with Crippen molar-refractivity contribution in [2.45, 2.75) is 0 Å². The van der Waals surface area contributed by atoms with Crippen molar-refractivity contribution < 1.29 is 9.90 Å². The van der Waals surface area contributed by atoms with E-state index in [0.29, 0.717) is 10.6 Å². The molecule has 0 aliphatic heterocycles. The minimum Gasteiger partial charge on any atom is -0.478 e. The molecule has 2 N–H and O–H groups in total. The average molecular weight is 299 g/mol. The Morgan fingerprint density at radius 1 is 1.29 bits per heavy atom. The SMILES string of the molecule is O=C(O)C(=Cc1c[nH]c2ncccc12)c1cccc(Cl)c1. The Bertz CT molecular complexity index is 852. The van der Waals surface area contributed by atoms with Gasteiger partial charge >= 0.3 is 5.97 Å². The number of carbonyl (C=O) groups is 1. The van der Waals surface area contributed by atoms with Gasteiger partial charge < -0.3 is 10.1 Å². The van der Waals surface area contributed by atoms with E-state index in [0.717, 1.165) is 16.6 Å². The van der Waals surface area contributed by atoms with E-state index in [1.807, 2.05) is 12.1 Å². The average Bonchev–Trinajstić information content (AvgIpc) is 2.87. The molecule has 0 saturated heterocycles. The molecule has 0 bridgehead atoms. The van der Waals surface area contributed by atoms with Gasteiger partial charge in [0.05, 0.1) is 5.57 Å². The molecule has 0 aliphatic carbocycles. The molecule has 0 radical (unpaired) electrons. The van der Waals surface area contributed by atoms with Crippen LogP contribution in [0.3, 0.4) is 0 Å². The summed E-state index contributed by atoms with van der Waals surface area (Å²) in [4.78, 5) is 18.7.